The minimum atomic E-state index is -0.706. The summed E-state index contributed by atoms with van der Waals surface area (Å²) in [6.07, 6.45) is 6.96. The first-order chi connectivity index (χ1) is 22.4. The van der Waals surface area contributed by atoms with Crippen molar-refractivity contribution in [1.82, 2.24) is 20.1 Å². The van der Waals surface area contributed by atoms with E-state index in [1.165, 1.54) is 7.11 Å². The van der Waals surface area contributed by atoms with Crippen LogP contribution in [-0.4, -0.2) is 77.6 Å². The van der Waals surface area contributed by atoms with Crippen molar-refractivity contribution < 1.29 is 28.7 Å². The van der Waals surface area contributed by atoms with Gasteiger partial charge in [0.15, 0.2) is 0 Å². The molecule has 2 saturated heterocycles. The number of carbonyl (C=O) groups excluding carboxylic acids is 4. The molecule has 3 amide bonds. The molecule has 11 nitrogen and oxygen atoms in total. The molecule has 1 aromatic heterocycles. The lowest BCUT2D eigenvalue weighted by atomic mass is 9.91. The van der Waals surface area contributed by atoms with Gasteiger partial charge in [-0.3, -0.25) is 19.4 Å². The number of halogens is 1. The smallest absolute Gasteiger partial charge is 0.410 e. The Hall–Kier alpha value is -4.17. The molecule has 252 valence electrons. The van der Waals surface area contributed by atoms with E-state index in [2.05, 4.69) is 16.4 Å². The molecule has 2 aliphatic heterocycles. The molecule has 2 aromatic rings. The van der Waals surface area contributed by atoms with Gasteiger partial charge >= 0.3 is 12.1 Å². The molecule has 0 saturated carbocycles. The van der Waals surface area contributed by atoms with Crippen LogP contribution in [0.3, 0.4) is 0 Å². The van der Waals surface area contributed by atoms with Crippen molar-refractivity contribution in [1.29, 1.82) is 5.26 Å². The normalized spacial score (nSPS) is 17.7. The molecular formula is C35H44ClN5O6. The largest absolute Gasteiger partial charge is 0.469 e. The lowest BCUT2D eigenvalue weighted by molar-refractivity contribution is -0.141. The Bertz CT molecular complexity index is 1490. The van der Waals surface area contributed by atoms with Crippen LogP contribution < -0.4 is 5.32 Å². The third-order valence-electron chi connectivity index (χ3n) is 8.67. The number of hydrogen-bond donors (Lipinski definition) is 1. The first-order valence-electron chi connectivity index (χ1n) is 16.1. The highest BCUT2D eigenvalue weighted by molar-refractivity contribution is 6.31. The molecule has 3 heterocycles. The fraction of sp³-hybridized carbons (Fsp3) is 0.543. The molecule has 0 aliphatic carbocycles. The molecule has 1 unspecified atom stereocenters. The number of pyridine rings is 1. The Balaban J connectivity index is 1.34. The first kappa shape index (κ1) is 35.7. The zero-order chi connectivity index (χ0) is 34.1. The Morgan fingerprint density at radius 2 is 1.81 bits per heavy atom. The van der Waals surface area contributed by atoms with E-state index in [0.717, 1.165) is 24.8 Å². The number of likely N-dealkylation sites (tertiary alicyclic amines) is 2. The van der Waals surface area contributed by atoms with E-state index in [4.69, 9.17) is 21.1 Å². The van der Waals surface area contributed by atoms with E-state index in [1.807, 2.05) is 26.8 Å². The summed E-state index contributed by atoms with van der Waals surface area (Å²) < 4.78 is 10.4. The molecule has 47 heavy (non-hydrogen) atoms. The zero-order valence-corrected chi connectivity index (χ0v) is 28.3. The quantitative estimate of drug-likeness (QED) is 0.338. The van der Waals surface area contributed by atoms with Crippen molar-refractivity contribution in [2.75, 3.05) is 33.3 Å². The fourth-order valence-electron chi connectivity index (χ4n) is 6.02. The highest BCUT2D eigenvalue weighted by atomic mass is 35.5. The van der Waals surface area contributed by atoms with E-state index in [-0.39, 0.29) is 24.3 Å². The Morgan fingerprint density at radius 3 is 2.49 bits per heavy atom. The summed E-state index contributed by atoms with van der Waals surface area (Å²) >= 11 is 6.11. The molecule has 4 rings (SSSR count). The lowest BCUT2D eigenvalue weighted by Crippen LogP contribution is -2.46. The van der Waals surface area contributed by atoms with Crippen LogP contribution in [0, 0.1) is 23.2 Å². The van der Waals surface area contributed by atoms with Gasteiger partial charge in [-0.2, -0.15) is 5.26 Å². The Morgan fingerprint density at radius 1 is 1.06 bits per heavy atom. The molecule has 0 spiro atoms. The number of piperidine rings is 2. The van der Waals surface area contributed by atoms with E-state index in [0.29, 0.717) is 73.1 Å². The van der Waals surface area contributed by atoms with Gasteiger partial charge in [-0.15, -0.1) is 0 Å². The Labute approximate surface area is 281 Å². The monoisotopic (exact) mass is 665 g/mol. The number of nitriles is 1. The molecule has 1 N–H and O–H groups in total. The van der Waals surface area contributed by atoms with Crippen LogP contribution >= 0.6 is 11.6 Å². The van der Waals surface area contributed by atoms with Gasteiger partial charge in [0.05, 0.1) is 36.1 Å². The lowest BCUT2D eigenvalue weighted by Gasteiger charge is -2.35. The number of carbonyl (C=O) groups is 4. The topological polar surface area (TPSA) is 142 Å². The highest BCUT2D eigenvalue weighted by Crippen LogP contribution is 2.29. The number of hydrogen-bond acceptors (Lipinski definition) is 8. The predicted octanol–water partition coefficient (Wildman–Crippen LogP) is 5.66. The highest BCUT2D eigenvalue weighted by Gasteiger charge is 2.32. The van der Waals surface area contributed by atoms with Crippen molar-refractivity contribution >= 4 is 35.5 Å². The third kappa shape index (κ3) is 10.2. The third-order valence-corrected chi connectivity index (χ3v) is 9.00. The van der Waals surface area contributed by atoms with Crippen LogP contribution in [-0.2, 0) is 23.9 Å². The second kappa shape index (κ2) is 16.1. The SMILES string of the molecule is COC(=O)CC(NC(=O)[C@@H]1CCCN(C(=O)CCC2CCN(C(=O)OC(C)(C)C)CC2)C1)c1cncc(-c2ccc(Cl)c(C#N)c2)c1. The number of aromatic nitrogens is 1. The molecule has 2 aliphatic rings. The van der Waals surface area contributed by atoms with Gasteiger partial charge in [-0.05, 0) is 88.1 Å². The maximum absolute atomic E-state index is 13.6. The zero-order valence-electron chi connectivity index (χ0n) is 27.6. The predicted molar refractivity (Wildman–Crippen MR) is 176 cm³/mol. The van der Waals surface area contributed by atoms with Crippen LogP contribution in [0.25, 0.3) is 11.1 Å². The van der Waals surface area contributed by atoms with E-state index >= 15 is 0 Å². The van der Waals surface area contributed by atoms with Crippen molar-refractivity contribution in [3.8, 4) is 17.2 Å². The van der Waals surface area contributed by atoms with Crippen molar-refractivity contribution in [3.05, 3.63) is 52.8 Å². The van der Waals surface area contributed by atoms with Crippen LogP contribution in [0.4, 0.5) is 4.79 Å². The number of amides is 3. The fourth-order valence-corrected chi connectivity index (χ4v) is 6.18. The molecule has 0 radical (unpaired) electrons. The second-order valence-electron chi connectivity index (χ2n) is 13.3. The molecule has 2 fully saturated rings. The molecule has 12 heteroatoms. The molecule has 2 atom stereocenters. The van der Waals surface area contributed by atoms with Crippen LogP contribution in [0.2, 0.25) is 5.02 Å². The number of ether oxygens (including phenoxy) is 2. The summed E-state index contributed by atoms with van der Waals surface area (Å²) in [4.78, 5) is 59.3. The summed E-state index contributed by atoms with van der Waals surface area (Å²) in [6, 6.07) is 8.26. The van der Waals surface area contributed by atoms with Gasteiger partial charge in [-0.25, -0.2) is 4.79 Å². The summed E-state index contributed by atoms with van der Waals surface area (Å²) in [7, 11) is 1.29. The van der Waals surface area contributed by atoms with Crippen LogP contribution in [0.1, 0.15) is 82.9 Å². The maximum Gasteiger partial charge on any atom is 0.410 e. The number of benzene rings is 1. The molecule has 0 bridgehead atoms. The summed E-state index contributed by atoms with van der Waals surface area (Å²) in [6.45, 7) is 7.70. The standard InChI is InChI=1S/C35H44ClN5O6/c1-35(2,3)47-34(45)40-14-11-23(12-15-40)7-10-31(42)41-13-5-6-25(22-41)33(44)39-30(18-32(43)46-4)28-17-27(20-38-21-28)24-8-9-29(36)26(16-24)19-37/h8-9,16-17,20-21,23,25,30H,5-7,10-15,18,22H2,1-4H3,(H,39,44)/t25-,30?/m1/s1. The van der Waals surface area contributed by atoms with E-state index in [1.54, 1.807) is 40.4 Å². The summed E-state index contributed by atoms with van der Waals surface area (Å²) in [5.74, 6) is -0.773. The number of methoxy groups -OCH3 is 1. The van der Waals surface area contributed by atoms with Gasteiger partial charge in [0.1, 0.15) is 11.7 Å². The summed E-state index contributed by atoms with van der Waals surface area (Å²) in [5, 5.41) is 12.7. The van der Waals surface area contributed by atoms with Gasteiger partial charge in [-0.1, -0.05) is 17.7 Å². The van der Waals surface area contributed by atoms with E-state index in [9.17, 15) is 24.4 Å². The van der Waals surface area contributed by atoms with Gasteiger partial charge in [0.2, 0.25) is 11.8 Å². The number of nitrogens with zero attached hydrogens (tertiary/aromatic N) is 4. The second-order valence-corrected chi connectivity index (χ2v) is 13.7. The minimum Gasteiger partial charge on any atom is -0.469 e. The molecule has 1 aromatic carbocycles. The minimum absolute atomic E-state index is 0.0276. The average molecular weight is 666 g/mol. The van der Waals surface area contributed by atoms with Gasteiger partial charge in [0, 0.05) is 50.6 Å². The number of nitrogens with one attached hydrogen (secondary N) is 1. The van der Waals surface area contributed by atoms with Gasteiger partial charge in [0.25, 0.3) is 0 Å². The summed E-state index contributed by atoms with van der Waals surface area (Å²) in [5.41, 5.74) is 1.82. The number of rotatable bonds is 9. The number of esters is 1. The van der Waals surface area contributed by atoms with E-state index < -0.39 is 23.5 Å². The average Bonchev–Trinajstić information content (AvgIpc) is 3.06. The van der Waals surface area contributed by atoms with Crippen molar-refractivity contribution in [2.45, 2.75) is 77.4 Å². The molecular weight excluding hydrogens is 622 g/mol. The van der Waals surface area contributed by atoms with Crippen LogP contribution in [0.15, 0.2) is 36.7 Å². The first-order valence-corrected chi connectivity index (χ1v) is 16.5. The van der Waals surface area contributed by atoms with Crippen molar-refractivity contribution in [2.24, 2.45) is 11.8 Å². The Kier molecular flexibility index (Phi) is 12.2. The maximum atomic E-state index is 13.6. The van der Waals surface area contributed by atoms with Gasteiger partial charge < -0.3 is 24.6 Å². The van der Waals surface area contributed by atoms with Crippen LogP contribution in [0.5, 0.6) is 0 Å². The van der Waals surface area contributed by atoms with Crippen molar-refractivity contribution in [3.63, 3.8) is 0 Å².